The Balaban J connectivity index is 0.000000194. The lowest BCUT2D eigenvalue weighted by Crippen LogP contribution is -2.38. The molecule has 125 heavy (non-hydrogen) atoms. The highest BCUT2D eigenvalue weighted by atomic mass is 79.9. The number of phosphoric acid groups is 1. The van der Waals surface area contributed by atoms with Gasteiger partial charge in [0.25, 0.3) is 0 Å². The van der Waals surface area contributed by atoms with Crippen LogP contribution in [0.3, 0.4) is 0 Å². The van der Waals surface area contributed by atoms with E-state index >= 15 is 0 Å². The number of halogens is 20. The van der Waals surface area contributed by atoms with Crippen molar-refractivity contribution in [3.63, 3.8) is 0 Å². The second-order valence-corrected chi connectivity index (χ2v) is 33.0. The highest BCUT2D eigenvalue weighted by molar-refractivity contribution is 9.10. The molecule has 0 saturated carbocycles. The number of nitrogens with one attached hydrogen (secondary N) is 3. The Morgan fingerprint density at radius 3 is 1.36 bits per heavy atom. The summed E-state index contributed by atoms with van der Waals surface area (Å²) in [5.74, 6) is -1.74. The fourth-order valence-electron chi connectivity index (χ4n) is 13.0. The summed E-state index contributed by atoms with van der Waals surface area (Å²) in [7, 11) is -5.61. The van der Waals surface area contributed by atoms with Gasteiger partial charge in [0.2, 0.25) is 0 Å². The molecular weight excluding hydrogens is 1830 g/mol. The predicted octanol–water partition coefficient (Wildman–Crippen LogP) is 27.4. The number of allylic oxidation sites excluding steroid dienone is 3. The van der Waals surface area contributed by atoms with E-state index in [0.717, 1.165) is 42.8 Å². The number of hydrogen-bond donors (Lipinski definition) is 4. The minimum Gasteiger partial charge on any atom is -0.444 e. The number of alkyl carbamates (subject to hydrolysis) is 1. The first-order valence-corrected chi connectivity index (χ1v) is 40.1. The smallest absolute Gasteiger partial charge is 0.444 e. The highest BCUT2D eigenvalue weighted by Gasteiger charge is 2.44. The van der Waals surface area contributed by atoms with Crippen molar-refractivity contribution in [1.29, 1.82) is 10.5 Å². The van der Waals surface area contributed by atoms with E-state index < -0.39 is 141 Å². The lowest BCUT2D eigenvalue weighted by molar-refractivity contribution is -0.144. The van der Waals surface area contributed by atoms with Crippen molar-refractivity contribution >= 4 is 103 Å². The quantitative estimate of drug-likeness (QED) is 0.0566. The summed E-state index contributed by atoms with van der Waals surface area (Å²) >= 11 is 6.73. The number of Topliss-reactive ketones (excluding diaryl/α,β-unsaturated/α-hetero) is 1. The molecule has 1 aliphatic heterocycles. The van der Waals surface area contributed by atoms with Crippen LogP contribution in [-0.2, 0) is 60.7 Å². The molecule has 10 aromatic rings. The molecule has 654 valence electrons. The molecule has 10 aromatic carbocycles. The maximum Gasteiger partial charge on any atom is 0.584 e. The Kier molecular flexibility index (Phi) is 28.5. The number of ether oxygens (including phenoxy) is 2. The highest BCUT2D eigenvalue weighted by Crippen LogP contribution is 2.62. The Morgan fingerprint density at radius 2 is 0.936 bits per heavy atom. The largest absolute Gasteiger partial charge is 0.584 e. The second-order valence-electron chi connectivity index (χ2n) is 30.0. The number of benzene rings is 10. The van der Waals surface area contributed by atoms with Crippen molar-refractivity contribution in [1.82, 2.24) is 5.32 Å². The zero-order valence-electron chi connectivity index (χ0n) is 65.8. The molecule has 3 aliphatic rings. The van der Waals surface area contributed by atoms with Gasteiger partial charge in [0.15, 0.2) is 11.6 Å². The molecule has 0 saturated heterocycles. The summed E-state index contributed by atoms with van der Waals surface area (Å²) in [5, 5.41) is 27.1. The number of nitriles is 2. The van der Waals surface area contributed by atoms with Gasteiger partial charge in [-0.25, -0.2) is 14.2 Å². The number of hydrogen-bond acceptors (Lipinski definition) is 13. The van der Waals surface area contributed by atoms with Crippen LogP contribution in [0.4, 0.5) is 100.0 Å². The van der Waals surface area contributed by atoms with Crippen molar-refractivity contribution in [2.45, 2.75) is 134 Å². The number of anilines is 2. The molecule has 1 atom stereocenters. The number of aliphatic imine (C=N–C) groups is 1. The summed E-state index contributed by atoms with van der Waals surface area (Å²) in [6.07, 6.45) is -25.6. The van der Waals surface area contributed by atoms with Crippen LogP contribution in [-0.4, -0.2) is 46.1 Å². The van der Waals surface area contributed by atoms with Gasteiger partial charge in [-0.3, -0.25) is 14.5 Å². The lowest BCUT2D eigenvalue weighted by atomic mass is 9.85. The van der Waals surface area contributed by atoms with Crippen LogP contribution in [0.25, 0.3) is 54.9 Å². The van der Waals surface area contributed by atoms with Crippen LogP contribution in [0, 0.1) is 22.7 Å². The number of carbonyl (C=O) groups is 4. The standard InChI is InChI=1S/C36H17F12O4P.C26H25BrF3N3O3.C13H13BrN2O2.C13H12F3NO/c37-33(38,39)21-9-19(10-22(15-21)34(40,41)42)27-13-17-5-1-3-7-25(17)29-30-26-8-4-2-6-18(26)14-28(32(30)52-53(49,50)51-31(27)29)20-11-23(35(43,44)45)16-24(12-20)36(46,47)48;1-25(2,3)36-24(35)33-23(18-11-10-15(14-31)12-19(18)27)22-20(8-5-9-21(22)34)32-17-7-4-6-16(13-17)26(28,29)30;1-13(2,3)18-12(17)16-8-10-5-4-9(7-15)6-11(10)14;14-13(15,16)9-3-1-4-10(7-9)17-11-5-2-6-12(18)8-11/h1-16H,(H,49,50);4,6-7,10-13,23,32H,5,8-9H2,1-3H3,(H,33,35);4-6,8H,1-3H3;1,3-4,7-8,17H,2,5-6H2/t;23-;;/m.1../s1. The van der Waals surface area contributed by atoms with Crippen LogP contribution >= 0.6 is 39.7 Å². The Morgan fingerprint density at radius 1 is 0.504 bits per heavy atom. The van der Waals surface area contributed by atoms with Crippen LogP contribution < -0.4 is 25.0 Å². The lowest BCUT2D eigenvalue weighted by Gasteiger charge is -2.30. The summed E-state index contributed by atoms with van der Waals surface area (Å²) in [4.78, 5) is 63.3. The minimum atomic E-state index is -5.61. The van der Waals surface area contributed by atoms with Crippen molar-refractivity contribution in [3.05, 3.63) is 270 Å². The van der Waals surface area contributed by atoms with Crippen molar-refractivity contribution in [2.24, 2.45) is 4.99 Å². The zero-order valence-corrected chi connectivity index (χ0v) is 69.8. The number of nitrogens with zero attached hydrogens (tertiary/aromatic N) is 3. The normalized spacial score (nSPS) is 14.6. The number of amides is 2. The van der Waals surface area contributed by atoms with Gasteiger partial charge < -0.3 is 34.5 Å². The minimum absolute atomic E-state index is 0.00993. The van der Waals surface area contributed by atoms with Crippen molar-refractivity contribution < 1.29 is 126 Å². The van der Waals surface area contributed by atoms with E-state index in [2.05, 4.69) is 52.8 Å². The summed E-state index contributed by atoms with van der Waals surface area (Å²) in [6, 6.07) is 37.5. The summed E-state index contributed by atoms with van der Waals surface area (Å²) in [5.41, 5.74) is -8.98. The molecule has 0 unspecified atom stereocenters. The molecule has 16 nitrogen and oxygen atoms in total. The topological polar surface area (TPSA) is 239 Å². The third-order valence-electron chi connectivity index (χ3n) is 18.3. The first-order chi connectivity index (χ1) is 58.1. The van der Waals surface area contributed by atoms with Crippen LogP contribution in [0.15, 0.2) is 219 Å². The van der Waals surface area contributed by atoms with Crippen molar-refractivity contribution in [2.75, 3.05) is 10.6 Å². The molecule has 2 aliphatic carbocycles. The van der Waals surface area contributed by atoms with E-state index in [1.165, 1.54) is 79.0 Å². The number of rotatable bonds is 10. The van der Waals surface area contributed by atoms with E-state index in [9.17, 15) is 113 Å². The Bertz CT molecular complexity index is 5860. The van der Waals surface area contributed by atoms with Gasteiger partial charge in [0.05, 0.1) is 62.7 Å². The average Bonchev–Trinajstić information content (AvgIpc) is 1.64. The van der Waals surface area contributed by atoms with Crippen LogP contribution in [0.5, 0.6) is 11.5 Å². The van der Waals surface area contributed by atoms with Crippen LogP contribution in [0.2, 0.25) is 0 Å². The predicted molar refractivity (Wildman–Crippen MR) is 435 cm³/mol. The number of alkyl halides is 18. The van der Waals surface area contributed by atoms with Crippen molar-refractivity contribution in [3.8, 4) is 57.0 Å². The number of ketones is 2. The van der Waals surface area contributed by atoms with E-state index in [4.69, 9.17) is 23.8 Å². The Labute approximate surface area is 717 Å². The zero-order chi connectivity index (χ0) is 92.1. The molecular formula is C88H67Br2F18N6O10P. The van der Waals surface area contributed by atoms with Gasteiger partial charge in [-0.2, -0.15) is 94.5 Å². The third-order valence-corrected chi connectivity index (χ3v) is 20.5. The summed E-state index contributed by atoms with van der Waals surface area (Å²) < 4.78 is 281. The van der Waals surface area contributed by atoms with E-state index in [1.807, 2.05) is 12.1 Å². The molecule has 0 aromatic heterocycles. The maximum absolute atomic E-state index is 14.0. The van der Waals surface area contributed by atoms with Gasteiger partial charge in [-0.15, -0.1) is 0 Å². The molecule has 0 bridgehead atoms. The fraction of sp³-hybridized carbons (Fsp3) is 0.239. The van der Waals surface area contributed by atoms with Gasteiger partial charge in [0.1, 0.15) is 22.7 Å². The van der Waals surface area contributed by atoms with Gasteiger partial charge >= 0.3 is 57.1 Å². The maximum atomic E-state index is 14.0. The van der Waals surface area contributed by atoms with Crippen LogP contribution in [0.1, 0.15) is 142 Å². The van der Waals surface area contributed by atoms with Gasteiger partial charge in [-0.1, -0.05) is 105 Å². The first kappa shape index (κ1) is 95.3. The molecule has 13 rings (SSSR count). The average molecular weight is 1900 g/mol. The first-order valence-electron chi connectivity index (χ1n) is 37.0. The fourth-order valence-corrected chi connectivity index (χ4v) is 15.0. The molecule has 0 fully saturated rings. The van der Waals surface area contributed by atoms with E-state index in [-0.39, 0.29) is 74.1 Å². The molecule has 0 spiro atoms. The van der Waals surface area contributed by atoms with E-state index in [0.29, 0.717) is 98.2 Å². The monoisotopic (exact) mass is 1900 g/mol. The molecule has 1 heterocycles. The molecule has 0 radical (unpaired) electrons. The molecule has 37 heteroatoms. The number of phosphoric ester groups is 1. The number of fused-ring (bicyclic) bond motifs is 7. The third kappa shape index (κ3) is 25.0. The van der Waals surface area contributed by atoms with Gasteiger partial charge in [0, 0.05) is 90.2 Å². The number of carbonyl (C=O) groups excluding carboxylic acids is 4. The Hall–Kier alpha value is -12.0. The summed E-state index contributed by atoms with van der Waals surface area (Å²) in [6.45, 7) is 10.4. The second kappa shape index (κ2) is 37.4. The van der Waals surface area contributed by atoms with Gasteiger partial charge in [-0.05, 0) is 215 Å². The SMILES string of the molecule is CC(C)(C)OC(=O)N=Cc1ccc(C#N)cc1Br.CC(C)(C)OC(=O)N[C@@H](C1=C(Nc2cccc(C(F)(F)F)c2)CCCC1=O)c1ccc(C#N)cc1Br.O=C1C=C(Nc2cccc(C(F)(F)F)c2)CCC1.O=P1(O)Oc2c(-c3cc(C(F)(F)F)cc(C(F)(F)F)c3)cc3ccccc3c2-c2c(c(-c3cc(C(F)(F)F)cc(C(F)(F)F)c3)cc3ccccc23)O1. The van der Waals surface area contributed by atoms with E-state index in [1.54, 1.807) is 84.0 Å². The molecule has 2 amide bonds. The molecule has 4 N–H and O–H groups in total.